The largest absolute Gasteiger partial charge is 0.461 e. The van der Waals surface area contributed by atoms with E-state index < -0.39 is 0 Å². The smallest absolute Gasteiger partial charge is 0.216 e. The van der Waals surface area contributed by atoms with Crippen LogP contribution in [0.1, 0.15) is 25.2 Å². The van der Waals surface area contributed by atoms with Gasteiger partial charge in [-0.05, 0) is 29.8 Å². The number of aliphatic imine (C=N–C) groups is 1. The molecule has 2 heterocycles. The number of hydrogen-bond acceptors (Lipinski definition) is 4. The van der Waals surface area contributed by atoms with Crippen LogP contribution in [-0.2, 0) is 11.8 Å². The van der Waals surface area contributed by atoms with Crippen molar-refractivity contribution in [3.63, 3.8) is 0 Å². The lowest BCUT2D eigenvalue weighted by atomic mass is 9.84. The van der Waals surface area contributed by atoms with E-state index in [0.717, 1.165) is 11.4 Å². The number of rotatable bonds is 7. The van der Waals surface area contributed by atoms with Crippen LogP contribution in [-0.4, -0.2) is 41.3 Å². The topological polar surface area (TPSA) is 91.1 Å². The number of aromatic amines is 1. The van der Waals surface area contributed by atoms with Crippen molar-refractivity contribution in [3.8, 4) is 11.6 Å². The summed E-state index contributed by atoms with van der Waals surface area (Å²) < 4.78 is 18.8. The average Bonchev–Trinajstić information content (AvgIpc) is 3.36. The fourth-order valence-electron chi connectivity index (χ4n) is 2.76. The second-order valence-electron chi connectivity index (χ2n) is 7.08. The number of benzene rings is 1. The van der Waals surface area contributed by atoms with E-state index in [2.05, 4.69) is 44.7 Å². The summed E-state index contributed by atoms with van der Waals surface area (Å²) in [5, 5.41) is 13.6. The van der Waals surface area contributed by atoms with Crippen LogP contribution >= 0.6 is 0 Å². The normalized spacial score (nSPS) is 12.2. The minimum absolute atomic E-state index is 0.228. The molecule has 0 saturated carbocycles. The van der Waals surface area contributed by atoms with E-state index in [0.29, 0.717) is 37.1 Å². The highest BCUT2D eigenvalue weighted by Crippen LogP contribution is 2.22. The Balaban J connectivity index is 1.48. The van der Waals surface area contributed by atoms with Crippen LogP contribution in [0.15, 0.2) is 52.1 Å². The van der Waals surface area contributed by atoms with E-state index in [1.165, 1.54) is 6.07 Å². The first-order chi connectivity index (χ1) is 13.5. The maximum absolute atomic E-state index is 13.5. The van der Waals surface area contributed by atoms with E-state index in [-0.39, 0.29) is 11.2 Å². The molecular weight excluding hydrogens is 359 g/mol. The van der Waals surface area contributed by atoms with Crippen molar-refractivity contribution in [1.82, 2.24) is 25.8 Å². The summed E-state index contributed by atoms with van der Waals surface area (Å²) >= 11 is 0. The zero-order valence-electron chi connectivity index (χ0n) is 16.3. The highest BCUT2D eigenvalue weighted by molar-refractivity contribution is 5.79. The zero-order chi connectivity index (χ0) is 20.0. The van der Waals surface area contributed by atoms with Crippen molar-refractivity contribution < 1.29 is 8.81 Å². The first-order valence-corrected chi connectivity index (χ1v) is 9.13. The number of H-pyrrole nitrogens is 1. The maximum Gasteiger partial charge on any atom is 0.216 e. The number of furan rings is 1. The second kappa shape index (κ2) is 8.69. The Bertz CT molecular complexity index is 916. The van der Waals surface area contributed by atoms with Gasteiger partial charge in [-0.3, -0.25) is 10.1 Å². The fraction of sp³-hybridized carbons (Fsp3) is 0.350. The Morgan fingerprint density at radius 1 is 1.25 bits per heavy atom. The second-order valence-corrected chi connectivity index (χ2v) is 7.08. The first kappa shape index (κ1) is 19.6. The summed E-state index contributed by atoms with van der Waals surface area (Å²) in [6.45, 7) is 5.37. The van der Waals surface area contributed by atoms with Gasteiger partial charge in [0.1, 0.15) is 11.6 Å². The lowest BCUT2D eigenvalue weighted by Gasteiger charge is -2.26. The first-order valence-electron chi connectivity index (χ1n) is 9.13. The molecule has 2 aromatic heterocycles. The van der Waals surface area contributed by atoms with Crippen molar-refractivity contribution in [2.24, 2.45) is 4.99 Å². The molecular formula is C20H25FN6O. The lowest BCUT2D eigenvalue weighted by molar-refractivity contribution is 0.503. The molecule has 148 valence electrons. The molecule has 0 radical (unpaired) electrons. The van der Waals surface area contributed by atoms with E-state index in [9.17, 15) is 4.39 Å². The molecule has 0 spiro atoms. The van der Waals surface area contributed by atoms with Crippen molar-refractivity contribution in [3.05, 3.63) is 59.9 Å². The van der Waals surface area contributed by atoms with E-state index in [4.69, 9.17) is 4.42 Å². The van der Waals surface area contributed by atoms with Gasteiger partial charge in [0.05, 0.1) is 6.26 Å². The van der Waals surface area contributed by atoms with Crippen LogP contribution in [0.25, 0.3) is 11.6 Å². The van der Waals surface area contributed by atoms with Crippen molar-refractivity contribution in [2.45, 2.75) is 25.7 Å². The quantitative estimate of drug-likeness (QED) is 0.430. The molecule has 0 aliphatic rings. The summed E-state index contributed by atoms with van der Waals surface area (Å²) in [6, 6.07) is 10.3. The van der Waals surface area contributed by atoms with Crippen LogP contribution in [0, 0.1) is 5.82 Å². The predicted molar refractivity (Wildman–Crippen MR) is 107 cm³/mol. The van der Waals surface area contributed by atoms with Crippen molar-refractivity contribution >= 4 is 5.96 Å². The van der Waals surface area contributed by atoms with Gasteiger partial charge in [0.2, 0.25) is 5.82 Å². The van der Waals surface area contributed by atoms with E-state index >= 15 is 0 Å². The zero-order valence-corrected chi connectivity index (χ0v) is 16.3. The highest BCUT2D eigenvalue weighted by Gasteiger charge is 2.21. The van der Waals surface area contributed by atoms with Crippen LogP contribution in [0.2, 0.25) is 0 Å². The van der Waals surface area contributed by atoms with Gasteiger partial charge < -0.3 is 15.1 Å². The molecule has 0 aliphatic carbocycles. The van der Waals surface area contributed by atoms with E-state index in [1.54, 1.807) is 31.5 Å². The monoisotopic (exact) mass is 384 g/mol. The number of nitrogens with one attached hydrogen (secondary N) is 3. The van der Waals surface area contributed by atoms with Gasteiger partial charge in [-0.2, -0.15) is 5.10 Å². The molecule has 0 bridgehead atoms. The van der Waals surface area contributed by atoms with Crippen LogP contribution in [0.5, 0.6) is 0 Å². The number of nitrogens with zero attached hydrogens (tertiary/aromatic N) is 3. The molecule has 0 aliphatic heterocycles. The minimum atomic E-state index is -0.247. The molecule has 1 aromatic carbocycles. The lowest BCUT2D eigenvalue weighted by Crippen LogP contribution is -2.44. The van der Waals surface area contributed by atoms with Crippen LogP contribution in [0.3, 0.4) is 0 Å². The van der Waals surface area contributed by atoms with Gasteiger partial charge in [-0.15, -0.1) is 0 Å². The van der Waals surface area contributed by atoms with Gasteiger partial charge in [-0.1, -0.05) is 26.0 Å². The van der Waals surface area contributed by atoms with Gasteiger partial charge in [0, 0.05) is 32.0 Å². The van der Waals surface area contributed by atoms with Gasteiger partial charge in [-0.25, -0.2) is 9.37 Å². The molecule has 0 atom stereocenters. The third kappa shape index (κ3) is 4.97. The van der Waals surface area contributed by atoms with E-state index in [1.807, 2.05) is 12.1 Å². The molecule has 0 saturated heterocycles. The van der Waals surface area contributed by atoms with Gasteiger partial charge >= 0.3 is 0 Å². The molecule has 8 heteroatoms. The molecule has 3 aromatic rings. The van der Waals surface area contributed by atoms with Crippen molar-refractivity contribution in [1.29, 1.82) is 0 Å². The predicted octanol–water partition coefficient (Wildman–Crippen LogP) is 2.89. The average molecular weight is 384 g/mol. The summed E-state index contributed by atoms with van der Waals surface area (Å²) in [5.74, 6) is 2.38. The van der Waals surface area contributed by atoms with Crippen LogP contribution in [0.4, 0.5) is 4.39 Å². The molecule has 3 rings (SSSR count). The van der Waals surface area contributed by atoms with Gasteiger partial charge in [0.25, 0.3) is 0 Å². The Morgan fingerprint density at radius 3 is 2.82 bits per heavy atom. The summed E-state index contributed by atoms with van der Waals surface area (Å²) in [5.41, 5.74) is 0.686. The third-order valence-electron chi connectivity index (χ3n) is 4.46. The van der Waals surface area contributed by atoms with Crippen molar-refractivity contribution in [2.75, 3.05) is 20.1 Å². The highest BCUT2D eigenvalue weighted by atomic mass is 19.1. The molecule has 0 amide bonds. The maximum atomic E-state index is 13.5. The Morgan fingerprint density at radius 2 is 2.11 bits per heavy atom. The number of halogens is 1. The summed E-state index contributed by atoms with van der Waals surface area (Å²) in [4.78, 5) is 8.65. The van der Waals surface area contributed by atoms with Gasteiger partial charge in [0.15, 0.2) is 11.7 Å². The molecule has 0 fully saturated rings. The third-order valence-corrected chi connectivity index (χ3v) is 4.46. The molecule has 7 nitrogen and oxygen atoms in total. The van der Waals surface area contributed by atoms with Crippen LogP contribution < -0.4 is 10.6 Å². The Hall–Kier alpha value is -3.16. The Kier molecular flexibility index (Phi) is 6.08. The minimum Gasteiger partial charge on any atom is -0.461 e. The summed E-state index contributed by atoms with van der Waals surface area (Å²) in [6.07, 6.45) is 2.25. The molecule has 28 heavy (non-hydrogen) atoms. The number of aromatic nitrogens is 3. The number of hydrogen-bond donors (Lipinski definition) is 3. The Labute approximate surface area is 163 Å². The molecule has 0 unspecified atom stereocenters. The SMILES string of the molecule is CN=C(NCCc1nc(-c2ccco2)n[nH]1)NCC(C)(C)c1cccc(F)c1. The number of guanidine groups is 1. The molecule has 3 N–H and O–H groups in total. The summed E-state index contributed by atoms with van der Waals surface area (Å²) in [7, 11) is 1.72. The standard InChI is InChI=1S/C20H25FN6O/c1-20(2,14-6-4-7-15(21)12-14)13-24-19(22-3)23-10-9-17-25-18(27-26-17)16-8-5-11-28-16/h4-8,11-12H,9-10,13H2,1-3H3,(H2,22,23,24)(H,25,26,27). The fourth-order valence-corrected chi connectivity index (χ4v) is 2.76.